The van der Waals surface area contributed by atoms with Crippen LogP contribution >= 0.6 is 0 Å². The van der Waals surface area contributed by atoms with Crippen molar-refractivity contribution in [2.45, 2.75) is 6.61 Å². The zero-order chi connectivity index (χ0) is 12.4. The van der Waals surface area contributed by atoms with Gasteiger partial charge in [-0.3, -0.25) is 4.79 Å². The van der Waals surface area contributed by atoms with E-state index in [4.69, 9.17) is 18.7 Å². The molecule has 0 radical (unpaired) electrons. The lowest BCUT2D eigenvalue weighted by atomic mass is 10.2. The highest BCUT2D eigenvalue weighted by Gasteiger charge is 2.18. The van der Waals surface area contributed by atoms with Gasteiger partial charge in [-0.2, -0.15) is 0 Å². The van der Waals surface area contributed by atoms with Crippen molar-refractivity contribution in [2.75, 3.05) is 6.79 Å². The lowest BCUT2D eigenvalue weighted by Gasteiger charge is -2.07. The fourth-order valence-electron chi connectivity index (χ4n) is 1.62. The maximum Gasteiger partial charge on any atom is 0.231 e. The summed E-state index contributed by atoms with van der Waals surface area (Å²) in [4.78, 5) is 11.0. The Morgan fingerprint density at radius 2 is 2.17 bits per heavy atom. The highest BCUT2D eigenvalue weighted by Crippen LogP contribution is 2.37. The minimum Gasteiger partial charge on any atom is -0.485 e. The third-order valence-electron chi connectivity index (χ3n) is 2.49. The molecule has 0 unspecified atom stereocenters. The molecule has 1 aliphatic rings. The summed E-state index contributed by atoms with van der Waals surface area (Å²) in [6.07, 6.45) is 2.23. The Bertz CT molecular complexity index is 564. The van der Waals surface area contributed by atoms with Crippen molar-refractivity contribution in [1.82, 2.24) is 5.16 Å². The first-order chi connectivity index (χ1) is 8.86. The van der Waals surface area contributed by atoms with Gasteiger partial charge >= 0.3 is 0 Å². The molecule has 0 aliphatic carbocycles. The summed E-state index contributed by atoms with van der Waals surface area (Å²) in [5.74, 6) is 2.10. The lowest BCUT2D eigenvalue weighted by molar-refractivity contribution is 0.111. The number of rotatable bonds is 4. The lowest BCUT2D eigenvalue weighted by Crippen LogP contribution is -1.97. The van der Waals surface area contributed by atoms with E-state index in [0.717, 1.165) is 0 Å². The number of benzene rings is 1. The van der Waals surface area contributed by atoms with Crippen LogP contribution in [-0.4, -0.2) is 18.2 Å². The molecule has 0 saturated carbocycles. The topological polar surface area (TPSA) is 70.8 Å². The van der Waals surface area contributed by atoms with Crippen LogP contribution in [-0.2, 0) is 6.61 Å². The maximum absolute atomic E-state index is 11.0. The molecule has 1 aliphatic heterocycles. The first-order valence-electron chi connectivity index (χ1n) is 5.28. The smallest absolute Gasteiger partial charge is 0.231 e. The number of hydrogen-bond donors (Lipinski definition) is 0. The molecule has 0 N–H and O–H groups in total. The standard InChI is InChI=1S/C12H9NO5/c14-5-8-3-11-12(17-7-16-11)4-10(8)15-6-9-1-2-13-18-9/h1-5H,6-7H2. The molecule has 6 heteroatoms. The molecule has 0 fully saturated rings. The first kappa shape index (κ1) is 10.6. The number of aldehydes is 1. The molecule has 0 atom stereocenters. The Morgan fingerprint density at radius 3 is 2.89 bits per heavy atom. The number of hydrogen-bond acceptors (Lipinski definition) is 6. The second kappa shape index (κ2) is 4.40. The van der Waals surface area contributed by atoms with Gasteiger partial charge in [0.1, 0.15) is 12.4 Å². The molecule has 0 spiro atoms. The normalized spacial score (nSPS) is 12.4. The van der Waals surface area contributed by atoms with Crippen LogP contribution in [0.15, 0.2) is 28.9 Å². The molecule has 2 heterocycles. The van der Waals surface area contributed by atoms with E-state index in [-0.39, 0.29) is 13.4 Å². The van der Waals surface area contributed by atoms with Crippen LogP contribution in [0.1, 0.15) is 16.1 Å². The van der Waals surface area contributed by atoms with Gasteiger partial charge in [-0.05, 0) is 6.07 Å². The molecule has 1 aromatic heterocycles. The third kappa shape index (κ3) is 1.88. The molecule has 18 heavy (non-hydrogen) atoms. The Balaban J connectivity index is 1.84. The molecule has 6 nitrogen and oxygen atoms in total. The van der Waals surface area contributed by atoms with Gasteiger partial charge in [-0.1, -0.05) is 5.16 Å². The summed E-state index contributed by atoms with van der Waals surface area (Å²) in [6, 6.07) is 4.90. The average Bonchev–Trinajstić information content (AvgIpc) is 3.05. The van der Waals surface area contributed by atoms with Crippen LogP contribution in [0.5, 0.6) is 17.2 Å². The van der Waals surface area contributed by atoms with Crippen LogP contribution in [0, 0.1) is 0 Å². The van der Waals surface area contributed by atoms with Crippen LogP contribution in [0.25, 0.3) is 0 Å². The Hall–Kier alpha value is -2.50. The summed E-state index contributed by atoms with van der Waals surface area (Å²) >= 11 is 0. The highest BCUT2D eigenvalue weighted by atomic mass is 16.7. The van der Waals surface area contributed by atoms with Crippen molar-refractivity contribution in [3.63, 3.8) is 0 Å². The zero-order valence-electron chi connectivity index (χ0n) is 9.29. The quantitative estimate of drug-likeness (QED) is 0.767. The van der Waals surface area contributed by atoms with Gasteiger partial charge in [0, 0.05) is 12.1 Å². The molecular formula is C12H9NO5. The number of aromatic nitrogens is 1. The predicted molar refractivity (Wildman–Crippen MR) is 58.8 cm³/mol. The van der Waals surface area contributed by atoms with Crippen molar-refractivity contribution < 1.29 is 23.5 Å². The monoisotopic (exact) mass is 247 g/mol. The molecule has 0 amide bonds. The van der Waals surface area contributed by atoms with Gasteiger partial charge in [-0.25, -0.2) is 0 Å². The molecule has 2 aromatic rings. The molecule has 92 valence electrons. The molecule has 0 bridgehead atoms. The van der Waals surface area contributed by atoms with E-state index in [9.17, 15) is 4.79 Å². The zero-order valence-corrected chi connectivity index (χ0v) is 9.29. The number of ether oxygens (including phenoxy) is 3. The number of carbonyl (C=O) groups is 1. The van der Waals surface area contributed by atoms with Crippen molar-refractivity contribution in [1.29, 1.82) is 0 Å². The second-order valence-electron chi connectivity index (χ2n) is 3.63. The molecule has 3 rings (SSSR count). The fourth-order valence-corrected chi connectivity index (χ4v) is 1.62. The van der Waals surface area contributed by atoms with E-state index < -0.39 is 0 Å². The predicted octanol–water partition coefficient (Wildman–Crippen LogP) is 1.79. The second-order valence-corrected chi connectivity index (χ2v) is 3.63. The van der Waals surface area contributed by atoms with Crippen molar-refractivity contribution >= 4 is 6.29 Å². The van der Waals surface area contributed by atoms with E-state index in [1.54, 1.807) is 18.2 Å². The number of nitrogens with zero attached hydrogens (tertiary/aromatic N) is 1. The van der Waals surface area contributed by atoms with Crippen LogP contribution < -0.4 is 14.2 Å². The minimum absolute atomic E-state index is 0.152. The van der Waals surface area contributed by atoms with Crippen molar-refractivity contribution in [3.05, 3.63) is 35.7 Å². The minimum atomic E-state index is 0.152. The van der Waals surface area contributed by atoms with Crippen molar-refractivity contribution in [3.8, 4) is 17.2 Å². The summed E-state index contributed by atoms with van der Waals surface area (Å²) < 4.78 is 20.8. The van der Waals surface area contributed by atoms with E-state index in [0.29, 0.717) is 34.9 Å². The fraction of sp³-hybridized carbons (Fsp3) is 0.167. The summed E-state index contributed by atoms with van der Waals surface area (Å²) in [7, 11) is 0. The molecule has 0 saturated heterocycles. The van der Waals surface area contributed by atoms with Gasteiger partial charge in [0.05, 0.1) is 11.8 Å². The van der Waals surface area contributed by atoms with Gasteiger partial charge in [0.2, 0.25) is 6.79 Å². The van der Waals surface area contributed by atoms with Gasteiger partial charge in [0.25, 0.3) is 0 Å². The summed E-state index contributed by atoms with van der Waals surface area (Å²) in [5, 5.41) is 3.57. The Kier molecular flexibility index (Phi) is 2.60. The Morgan fingerprint density at radius 1 is 1.33 bits per heavy atom. The highest BCUT2D eigenvalue weighted by molar-refractivity contribution is 5.81. The molecular weight excluding hydrogens is 238 g/mol. The molecule has 1 aromatic carbocycles. The number of carbonyl (C=O) groups excluding carboxylic acids is 1. The third-order valence-corrected chi connectivity index (χ3v) is 2.49. The van der Waals surface area contributed by atoms with E-state index >= 15 is 0 Å². The SMILES string of the molecule is O=Cc1cc2c(cc1OCc1ccno1)OCO2. The summed E-state index contributed by atoms with van der Waals surface area (Å²) in [6.45, 7) is 0.347. The van der Waals surface area contributed by atoms with E-state index in [2.05, 4.69) is 5.16 Å². The van der Waals surface area contributed by atoms with Gasteiger partial charge < -0.3 is 18.7 Å². The van der Waals surface area contributed by atoms with Gasteiger partial charge in [-0.15, -0.1) is 0 Å². The van der Waals surface area contributed by atoms with E-state index in [1.807, 2.05) is 0 Å². The van der Waals surface area contributed by atoms with Crippen LogP contribution in [0.2, 0.25) is 0 Å². The number of fused-ring (bicyclic) bond motifs is 1. The van der Waals surface area contributed by atoms with Crippen LogP contribution in [0.3, 0.4) is 0 Å². The largest absolute Gasteiger partial charge is 0.485 e. The Labute approximate surface area is 102 Å². The van der Waals surface area contributed by atoms with Gasteiger partial charge in [0.15, 0.2) is 23.5 Å². The van der Waals surface area contributed by atoms with Crippen LogP contribution in [0.4, 0.5) is 0 Å². The van der Waals surface area contributed by atoms with Crippen molar-refractivity contribution in [2.24, 2.45) is 0 Å². The summed E-state index contributed by atoms with van der Waals surface area (Å²) in [5.41, 5.74) is 0.402. The first-order valence-corrected chi connectivity index (χ1v) is 5.28. The maximum atomic E-state index is 11.0. The average molecular weight is 247 g/mol. The van der Waals surface area contributed by atoms with E-state index in [1.165, 1.54) is 6.20 Å².